The lowest BCUT2D eigenvalue weighted by molar-refractivity contribution is -0.384. The average molecular weight is 428 g/mol. The smallest absolute Gasteiger partial charge is 0.269 e. The van der Waals surface area contributed by atoms with E-state index in [0.29, 0.717) is 17.2 Å². The van der Waals surface area contributed by atoms with Gasteiger partial charge >= 0.3 is 0 Å². The number of nitro groups is 1. The molecular weight excluding hydrogens is 408 g/mol. The first-order chi connectivity index (χ1) is 14.3. The van der Waals surface area contributed by atoms with Crippen LogP contribution in [0.25, 0.3) is 0 Å². The molecular formula is C21H20N2O6S. The van der Waals surface area contributed by atoms with Gasteiger partial charge in [-0.3, -0.25) is 14.4 Å². The number of ether oxygens (including phenoxy) is 2. The summed E-state index contributed by atoms with van der Waals surface area (Å²) in [5.74, 6) is 1.20. The number of methoxy groups -OCH3 is 2. The van der Waals surface area contributed by atoms with E-state index in [1.165, 1.54) is 42.8 Å². The van der Waals surface area contributed by atoms with Gasteiger partial charge in [-0.1, -0.05) is 12.1 Å². The molecule has 0 saturated carbocycles. The molecule has 0 N–H and O–H groups in total. The predicted molar refractivity (Wildman–Crippen MR) is 112 cm³/mol. The largest absolute Gasteiger partial charge is 0.497 e. The molecule has 3 aromatic carbocycles. The molecule has 0 aliphatic heterocycles. The van der Waals surface area contributed by atoms with Crippen LogP contribution in [0.3, 0.4) is 0 Å². The molecule has 0 atom stereocenters. The molecule has 30 heavy (non-hydrogen) atoms. The number of non-ortho nitro benzene ring substituents is 1. The number of anilines is 1. The van der Waals surface area contributed by atoms with E-state index >= 15 is 0 Å². The van der Waals surface area contributed by atoms with Gasteiger partial charge < -0.3 is 9.47 Å². The highest BCUT2D eigenvalue weighted by molar-refractivity contribution is 7.92. The standard InChI is InChI=1S/C21H20N2O6S/c1-28-19-10-6-17(7-11-19)22(15-16-4-3-5-20(14-16)29-2)30(26,27)21-12-8-18(9-13-21)23(24)25/h3-14H,15H2,1-2H3. The maximum atomic E-state index is 13.4. The van der Waals surface area contributed by atoms with Crippen molar-refractivity contribution in [3.63, 3.8) is 0 Å². The van der Waals surface area contributed by atoms with Gasteiger partial charge in [0.1, 0.15) is 11.5 Å². The number of hydrogen-bond donors (Lipinski definition) is 0. The second-order valence-electron chi connectivity index (χ2n) is 6.31. The molecule has 0 aliphatic rings. The Kier molecular flexibility index (Phi) is 6.22. The van der Waals surface area contributed by atoms with Crippen LogP contribution < -0.4 is 13.8 Å². The Hall–Kier alpha value is -3.59. The second-order valence-corrected chi connectivity index (χ2v) is 8.17. The summed E-state index contributed by atoms with van der Waals surface area (Å²) in [6, 6.07) is 18.5. The highest BCUT2D eigenvalue weighted by Crippen LogP contribution is 2.29. The van der Waals surface area contributed by atoms with Gasteiger partial charge in [0.25, 0.3) is 15.7 Å². The van der Waals surface area contributed by atoms with Gasteiger partial charge in [0, 0.05) is 12.1 Å². The van der Waals surface area contributed by atoms with Crippen molar-refractivity contribution in [3.05, 3.63) is 88.5 Å². The zero-order valence-electron chi connectivity index (χ0n) is 16.4. The normalized spacial score (nSPS) is 11.0. The number of nitro benzene ring substituents is 1. The third-order valence-electron chi connectivity index (χ3n) is 4.46. The third kappa shape index (κ3) is 4.52. The Morgan fingerprint density at radius 2 is 1.53 bits per heavy atom. The molecule has 3 rings (SSSR count). The molecule has 3 aromatic rings. The average Bonchev–Trinajstić information content (AvgIpc) is 2.77. The van der Waals surface area contributed by atoms with Crippen molar-refractivity contribution >= 4 is 21.4 Å². The molecule has 0 fully saturated rings. The summed E-state index contributed by atoms with van der Waals surface area (Å²) in [5.41, 5.74) is 0.963. The maximum absolute atomic E-state index is 13.4. The van der Waals surface area contributed by atoms with Crippen LogP contribution in [0.1, 0.15) is 5.56 Å². The quantitative estimate of drug-likeness (QED) is 0.397. The lowest BCUT2D eigenvalue weighted by atomic mass is 10.2. The predicted octanol–water partition coefficient (Wildman–Crippen LogP) is 4.01. The van der Waals surface area contributed by atoms with E-state index < -0.39 is 14.9 Å². The number of hydrogen-bond acceptors (Lipinski definition) is 6. The zero-order valence-corrected chi connectivity index (χ0v) is 17.2. The first-order valence-electron chi connectivity index (χ1n) is 8.89. The van der Waals surface area contributed by atoms with Crippen LogP contribution in [0.5, 0.6) is 11.5 Å². The fourth-order valence-electron chi connectivity index (χ4n) is 2.87. The lowest BCUT2D eigenvalue weighted by Gasteiger charge is -2.25. The van der Waals surface area contributed by atoms with E-state index in [4.69, 9.17) is 9.47 Å². The lowest BCUT2D eigenvalue weighted by Crippen LogP contribution is -2.30. The molecule has 0 bridgehead atoms. The number of benzene rings is 3. The topological polar surface area (TPSA) is 99.0 Å². The first-order valence-corrected chi connectivity index (χ1v) is 10.3. The molecule has 0 radical (unpaired) electrons. The monoisotopic (exact) mass is 428 g/mol. The fraction of sp³-hybridized carbons (Fsp3) is 0.143. The first kappa shape index (κ1) is 21.1. The Labute approximate surface area is 174 Å². The van der Waals surface area contributed by atoms with Crippen molar-refractivity contribution in [1.29, 1.82) is 0 Å². The van der Waals surface area contributed by atoms with Crippen LogP contribution in [0, 0.1) is 10.1 Å². The van der Waals surface area contributed by atoms with E-state index in [0.717, 1.165) is 5.56 Å². The van der Waals surface area contributed by atoms with Crippen molar-refractivity contribution in [1.82, 2.24) is 0 Å². The Bertz CT molecular complexity index is 1130. The molecule has 0 amide bonds. The van der Waals surface area contributed by atoms with Crippen molar-refractivity contribution in [2.45, 2.75) is 11.4 Å². The molecule has 8 nitrogen and oxygen atoms in total. The Morgan fingerprint density at radius 3 is 2.10 bits per heavy atom. The summed E-state index contributed by atoms with van der Waals surface area (Å²) in [4.78, 5) is 10.3. The van der Waals surface area contributed by atoms with Gasteiger partial charge in [0.05, 0.1) is 36.3 Å². The van der Waals surface area contributed by atoms with Crippen LogP contribution >= 0.6 is 0 Å². The van der Waals surface area contributed by atoms with E-state index in [1.807, 2.05) is 0 Å². The minimum absolute atomic E-state index is 0.0445. The molecule has 0 aliphatic carbocycles. The fourth-order valence-corrected chi connectivity index (χ4v) is 4.32. The van der Waals surface area contributed by atoms with Gasteiger partial charge in [0.15, 0.2) is 0 Å². The summed E-state index contributed by atoms with van der Waals surface area (Å²) < 4.78 is 38.5. The Balaban J connectivity index is 2.05. The van der Waals surface area contributed by atoms with Gasteiger partial charge in [-0.25, -0.2) is 8.42 Å². The molecule has 9 heteroatoms. The Morgan fingerprint density at radius 1 is 0.900 bits per heavy atom. The van der Waals surface area contributed by atoms with E-state index in [1.54, 1.807) is 48.5 Å². The number of nitrogens with zero attached hydrogens (tertiary/aromatic N) is 2. The van der Waals surface area contributed by atoms with Crippen LogP contribution in [-0.4, -0.2) is 27.6 Å². The highest BCUT2D eigenvalue weighted by Gasteiger charge is 2.26. The van der Waals surface area contributed by atoms with E-state index in [2.05, 4.69) is 0 Å². The van der Waals surface area contributed by atoms with E-state index in [-0.39, 0.29) is 17.1 Å². The molecule has 0 unspecified atom stereocenters. The minimum Gasteiger partial charge on any atom is -0.497 e. The van der Waals surface area contributed by atoms with Crippen LogP contribution in [-0.2, 0) is 16.6 Å². The van der Waals surface area contributed by atoms with Crippen LogP contribution in [0.4, 0.5) is 11.4 Å². The minimum atomic E-state index is -4.00. The number of sulfonamides is 1. The van der Waals surface area contributed by atoms with Crippen LogP contribution in [0.15, 0.2) is 77.7 Å². The third-order valence-corrected chi connectivity index (χ3v) is 6.24. The molecule has 0 saturated heterocycles. The summed E-state index contributed by atoms with van der Waals surface area (Å²) in [7, 11) is -0.945. The maximum Gasteiger partial charge on any atom is 0.269 e. The summed E-state index contributed by atoms with van der Waals surface area (Å²) in [5, 5.41) is 10.9. The second kappa shape index (κ2) is 8.83. The zero-order chi connectivity index (χ0) is 21.7. The van der Waals surface area contributed by atoms with Crippen molar-refractivity contribution in [3.8, 4) is 11.5 Å². The highest BCUT2D eigenvalue weighted by atomic mass is 32.2. The van der Waals surface area contributed by atoms with Crippen molar-refractivity contribution < 1.29 is 22.8 Å². The van der Waals surface area contributed by atoms with Crippen LogP contribution in [0.2, 0.25) is 0 Å². The molecule has 156 valence electrons. The van der Waals surface area contributed by atoms with Gasteiger partial charge in [-0.05, 0) is 54.1 Å². The summed E-state index contributed by atoms with van der Waals surface area (Å²) in [6.45, 7) is 0.0445. The summed E-state index contributed by atoms with van der Waals surface area (Å²) in [6.07, 6.45) is 0. The van der Waals surface area contributed by atoms with Gasteiger partial charge in [-0.2, -0.15) is 0 Å². The van der Waals surface area contributed by atoms with Gasteiger partial charge in [-0.15, -0.1) is 0 Å². The van der Waals surface area contributed by atoms with Gasteiger partial charge in [0.2, 0.25) is 0 Å². The van der Waals surface area contributed by atoms with Crippen molar-refractivity contribution in [2.75, 3.05) is 18.5 Å². The molecule has 0 aromatic heterocycles. The van der Waals surface area contributed by atoms with E-state index in [9.17, 15) is 18.5 Å². The molecule has 0 spiro atoms. The summed E-state index contributed by atoms with van der Waals surface area (Å²) >= 11 is 0. The molecule has 0 heterocycles. The van der Waals surface area contributed by atoms with Crippen molar-refractivity contribution in [2.24, 2.45) is 0 Å². The number of rotatable bonds is 8. The SMILES string of the molecule is COc1ccc(N(Cc2cccc(OC)c2)S(=O)(=O)c2ccc([N+](=O)[O-])cc2)cc1.